The number of benzene rings is 1. The van der Waals surface area contributed by atoms with E-state index in [4.69, 9.17) is 17.3 Å². The number of nitrogens with zero attached hydrogens (tertiary/aromatic N) is 4. The number of anilines is 1. The third kappa shape index (κ3) is 5.51. The quantitative estimate of drug-likeness (QED) is 0.412. The van der Waals surface area contributed by atoms with Gasteiger partial charge in [0, 0.05) is 30.9 Å². The minimum absolute atomic E-state index is 0.0426. The van der Waals surface area contributed by atoms with E-state index in [2.05, 4.69) is 15.4 Å². The lowest BCUT2D eigenvalue weighted by Gasteiger charge is -2.30. The zero-order valence-electron chi connectivity index (χ0n) is 21.0. The molecule has 2 aliphatic rings. The maximum Gasteiger partial charge on any atom is 0.418 e. The number of alkyl halides is 6. The van der Waals surface area contributed by atoms with Crippen molar-refractivity contribution < 1.29 is 40.3 Å². The Hall–Kier alpha value is -3.62. The molecule has 0 radical (unpaired) electrons. The van der Waals surface area contributed by atoms with E-state index in [0.717, 1.165) is 27.9 Å². The summed E-state index contributed by atoms with van der Waals surface area (Å²) in [5, 5.41) is 5.48. The summed E-state index contributed by atoms with van der Waals surface area (Å²) in [6.07, 6.45) is -6.66. The summed E-state index contributed by atoms with van der Waals surface area (Å²) >= 11 is 6.01. The number of nitrogens with one attached hydrogen (secondary N) is 1. The fraction of sp³-hybridized carbons (Fsp3) is 0.440. The van der Waals surface area contributed by atoms with Crippen LogP contribution in [0.4, 0.5) is 36.6 Å². The van der Waals surface area contributed by atoms with Gasteiger partial charge in [-0.15, -0.1) is 0 Å². The highest BCUT2D eigenvalue weighted by atomic mass is 35.5. The van der Waals surface area contributed by atoms with Crippen molar-refractivity contribution in [3.8, 4) is 11.3 Å². The van der Waals surface area contributed by atoms with Crippen molar-refractivity contribution >= 4 is 34.7 Å². The third-order valence-corrected chi connectivity index (χ3v) is 7.78. The Morgan fingerprint density at radius 3 is 2.46 bits per heavy atom. The third-order valence-electron chi connectivity index (χ3n) is 7.40. The molecular weight excluding hydrogens is 585 g/mol. The van der Waals surface area contributed by atoms with Crippen molar-refractivity contribution in [3.05, 3.63) is 46.5 Å². The van der Waals surface area contributed by atoms with Gasteiger partial charge in [-0.2, -0.15) is 18.3 Å². The van der Waals surface area contributed by atoms with E-state index in [1.54, 1.807) is 0 Å². The summed E-state index contributed by atoms with van der Waals surface area (Å²) < 4.78 is 98.5. The fourth-order valence-electron chi connectivity index (χ4n) is 5.26. The Balaban J connectivity index is 1.39. The molecule has 2 aromatic heterocycles. The van der Waals surface area contributed by atoms with Crippen LogP contribution in [0, 0.1) is 11.7 Å². The summed E-state index contributed by atoms with van der Waals surface area (Å²) in [7, 11) is 0. The summed E-state index contributed by atoms with van der Waals surface area (Å²) in [5.74, 6) is -6.69. The second-order valence-electron chi connectivity index (χ2n) is 10.1. The van der Waals surface area contributed by atoms with Gasteiger partial charge in [0.2, 0.25) is 11.8 Å². The molecule has 1 aromatic carbocycles. The molecule has 1 saturated carbocycles. The first-order chi connectivity index (χ1) is 19.2. The number of fused-ring (bicyclic) bond motifs is 1. The first kappa shape index (κ1) is 28.9. The van der Waals surface area contributed by atoms with Crippen LogP contribution in [0.5, 0.6) is 0 Å². The molecule has 41 heavy (non-hydrogen) atoms. The van der Waals surface area contributed by atoms with E-state index in [1.807, 2.05) is 0 Å². The van der Waals surface area contributed by atoms with E-state index < -0.39 is 88.2 Å². The van der Waals surface area contributed by atoms with Gasteiger partial charge >= 0.3 is 6.18 Å². The minimum atomic E-state index is -4.87. The van der Waals surface area contributed by atoms with Gasteiger partial charge in [0.1, 0.15) is 23.8 Å². The zero-order chi connectivity index (χ0) is 29.9. The molecule has 2 atom stereocenters. The number of nitrogen functional groups attached to an aromatic ring is 1. The first-order valence-corrected chi connectivity index (χ1v) is 12.8. The average Bonchev–Trinajstić information content (AvgIpc) is 3.47. The Bertz CT molecular complexity index is 1520. The van der Waals surface area contributed by atoms with E-state index in [1.165, 1.54) is 0 Å². The molecule has 5 rings (SSSR count). The Morgan fingerprint density at radius 1 is 1.12 bits per heavy atom. The van der Waals surface area contributed by atoms with Crippen molar-refractivity contribution in [1.82, 2.24) is 24.8 Å². The van der Waals surface area contributed by atoms with Gasteiger partial charge in [0.15, 0.2) is 5.82 Å². The Labute approximate surface area is 232 Å². The standard InChI is InChI=1S/C25H22ClF7N6O2/c26-19-13(22(40)37-17-9-38(8-16(17)28)23(41)11-1-3-24(29,30)4-2-11)5-12(6-15(19)27)18-7-14(25(31,32)33)20-21(34)35-10-36-39(18)20/h5-7,10-11,16-17H,1-4,8-9H2,(H,37,40)(H2,34,35,36)/t16-,17+/m0/s1. The van der Waals surface area contributed by atoms with Gasteiger partial charge in [-0.1, -0.05) is 11.6 Å². The van der Waals surface area contributed by atoms with Crippen LogP contribution in [0.2, 0.25) is 5.02 Å². The molecule has 16 heteroatoms. The van der Waals surface area contributed by atoms with Crippen molar-refractivity contribution in [1.29, 1.82) is 0 Å². The molecule has 1 saturated heterocycles. The molecule has 2 amide bonds. The maximum absolute atomic E-state index is 14.8. The van der Waals surface area contributed by atoms with Crippen LogP contribution in [-0.4, -0.2) is 62.5 Å². The highest BCUT2D eigenvalue weighted by Gasteiger charge is 2.43. The number of rotatable bonds is 4. The molecule has 3 heterocycles. The van der Waals surface area contributed by atoms with Crippen LogP contribution in [0.15, 0.2) is 24.5 Å². The smallest absolute Gasteiger partial charge is 0.382 e. The second kappa shape index (κ2) is 10.3. The number of amides is 2. The highest BCUT2D eigenvalue weighted by molar-refractivity contribution is 6.34. The fourth-order valence-corrected chi connectivity index (χ4v) is 5.46. The summed E-state index contributed by atoms with van der Waals surface area (Å²) in [6.45, 7) is -0.636. The second-order valence-corrected chi connectivity index (χ2v) is 10.5. The van der Waals surface area contributed by atoms with Crippen LogP contribution in [0.3, 0.4) is 0 Å². The molecule has 8 nitrogen and oxygen atoms in total. The predicted molar refractivity (Wildman–Crippen MR) is 132 cm³/mol. The van der Waals surface area contributed by atoms with Gasteiger partial charge in [0.05, 0.1) is 34.4 Å². The Kier molecular flexibility index (Phi) is 7.28. The van der Waals surface area contributed by atoms with Crippen LogP contribution in [0.1, 0.15) is 41.6 Å². The van der Waals surface area contributed by atoms with Crippen LogP contribution in [0.25, 0.3) is 16.8 Å². The molecule has 1 aliphatic heterocycles. The number of aromatic nitrogens is 3. The zero-order valence-corrected chi connectivity index (χ0v) is 21.7. The predicted octanol–water partition coefficient (Wildman–Crippen LogP) is 4.89. The van der Waals surface area contributed by atoms with Crippen molar-refractivity contribution in [3.63, 3.8) is 0 Å². The van der Waals surface area contributed by atoms with Gasteiger partial charge in [-0.25, -0.2) is 27.1 Å². The monoisotopic (exact) mass is 606 g/mol. The number of halogens is 8. The topological polar surface area (TPSA) is 106 Å². The molecule has 0 spiro atoms. The molecule has 220 valence electrons. The molecule has 0 unspecified atom stereocenters. The molecule has 2 fully saturated rings. The molecule has 3 aromatic rings. The molecule has 1 aliphatic carbocycles. The van der Waals surface area contributed by atoms with Crippen LogP contribution in [-0.2, 0) is 11.0 Å². The molecule has 0 bridgehead atoms. The number of likely N-dealkylation sites (tertiary alicyclic amines) is 1. The number of hydrogen-bond acceptors (Lipinski definition) is 5. The maximum atomic E-state index is 14.8. The van der Waals surface area contributed by atoms with E-state index in [9.17, 15) is 40.3 Å². The van der Waals surface area contributed by atoms with Gasteiger partial charge in [0.25, 0.3) is 5.91 Å². The van der Waals surface area contributed by atoms with Crippen LogP contribution < -0.4 is 11.1 Å². The molecular formula is C25H22ClF7N6O2. The number of hydrogen-bond donors (Lipinski definition) is 2. The normalized spacial score (nSPS) is 21.4. The average molecular weight is 607 g/mol. The SMILES string of the molecule is Nc1ncnn2c(-c3cc(F)c(Cl)c(C(=O)N[C@@H]4CN(C(=O)C5CCC(F)(F)CC5)C[C@@H]4F)c3)cc(C(F)(F)F)c12. The highest BCUT2D eigenvalue weighted by Crippen LogP contribution is 2.40. The molecule has 3 N–H and O–H groups in total. The number of nitrogens with two attached hydrogens (primary N) is 1. The first-order valence-electron chi connectivity index (χ1n) is 12.5. The van der Waals surface area contributed by atoms with E-state index >= 15 is 0 Å². The summed E-state index contributed by atoms with van der Waals surface area (Å²) in [5.41, 5.74) is 2.89. The van der Waals surface area contributed by atoms with Crippen LogP contribution >= 0.6 is 11.6 Å². The van der Waals surface area contributed by atoms with Gasteiger partial charge < -0.3 is 16.0 Å². The van der Waals surface area contributed by atoms with E-state index in [0.29, 0.717) is 6.07 Å². The van der Waals surface area contributed by atoms with Gasteiger partial charge in [-0.3, -0.25) is 9.59 Å². The summed E-state index contributed by atoms with van der Waals surface area (Å²) in [4.78, 5) is 30.6. The number of carbonyl (C=O) groups excluding carboxylic acids is 2. The van der Waals surface area contributed by atoms with E-state index in [-0.39, 0.29) is 37.2 Å². The van der Waals surface area contributed by atoms with Gasteiger partial charge in [-0.05, 0) is 31.0 Å². The largest absolute Gasteiger partial charge is 0.418 e. The van der Waals surface area contributed by atoms with Crippen molar-refractivity contribution in [2.45, 2.75) is 50.0 Å². The Morgan fingerprint density at radius 2 is 1.80 bits per heavy atom. The number of carbonyl (C=O) groups is 2. The summed E-state index contributed by atoms with van der Waals surface area (Å²) in [6, 6.07) is 1.27. The van der Waals surface area contributed by atoms with Crippen molar-refractivity contribution in [2.24, 2.45) is 5.92 Å². The lowest BCUT2D eigenvalue weighted by atomic mass is 9.86. The lowest BCUT2D eigenvalue weighted by Crippen LogP contribution is -2.43. The van der Waals surface area contributed by atoms with Crippen molar-refractivity contribution in [2.75, 3.05) is 18.8 Å². The minimum Gasteiger partial charge on any atom is -0.382 e. The lowest BCUT2D eigenvalue weighted by molar-refractivity contribution is -0.139.